The zero-order valence-corrected chi connectivity index (χ0v) is 16.1. The zero-order valence-electron chi connectivity index (χ0n) is 14.6. The Balaban J connectivity index is 1.68. The number of carbonyl (C=O) groups excluding carboxylic acids is 1. The van der Waals surface area contributed by atoms with E-state index in [1.807, 2.05) is 0 Å². The van der Waals surface area contributed by atoms with Crippen LogP contribution in [0.25, 0.3) is 5.69 Å². The van der Waals surface area contributed by atoms with Gasteiger partial charge in [0.05, 0.1) is 29.1 Å². The molecular formula is C18H22Cl2N4O2. The summed E-state index contributed by atoms with van der Waals surface area (Å²) in [7, 11) is 1.70. The molecule has 1 aromatic carbocycles. The van der Waals surface area contributed by atoms with Crippen LogP contribution in [0.5, 0.6) is 0 Å². The van der Waals surface area contributed by atoms with Crippen molar-refractivity contribution in [2.24, 2.45) is 5.41 Å². The SMILES string of the molecule is COCC1(CNC(=O)c2cnn(-c3ccc(Cl)cc3Cl)c2)CCNCC1. The summed E-state index contributed by atoms with van der Waals surface area (Å²) >= 11 is 12.1. The molecule has 0 unspecified atom stereocenters. The normalized spacial score (nSPS) is 16.4. The summed E-state index contributed by atoms with van der Waals surface area (Å²) in [6, 6.07) is 5.14. The highest BCUT2D eigenvalue weighted by Gasteiger charge is 2.32. The molecule has 2 aromatic rings. The molecule has 0 radical (unpaired) electrons. The number of nitrogens with one attached hydrogen (secondary N) is 2. The summed E-state index contributed by atoms with van der Waals surface area (Å²) in [5, 5.41) is 11.6. The Morgan fingerprint density at radius 3 is 2.85 bits per heavy atom. The highest BCUT2D eigenvalue weighted by atomic mass is 35.5. The zero-order chi connectivity index (χ0) is 18.6. The Hall–Kier alpha value is -1.60. The third kappa shape index (κ3) is 4.38. The van der Waals surface area contributed by atoms with E-state index in [9.17, 15) is 4.79 Å². The third-order valence-electron chi connectivity index (χ3n) is 4.74. The maximum atomic E-state index is 12.5. The minimum atomic E-state index is -0.157. The average Bonchev–Trinajstić information content (AvgIpc) is 3.11. The van der Waals surface area contributed by atoms with Gasteiger partial charge in [0, 0.05) is 30.3 Å². The number of hydrogen-bond acceptors (Lipinski definition) is 4. The van der Waals surface area contributed by atoms with Gasteiger partial charge < -0.3 is 15.4 Å². The molecule has 0 atom stereocenters. The molecule has 3 rings (SSSR count). The van der Waals surface area contributed by atoms with Crippen LogP contribution in [-0.4, -0.2) is 49.0 Å². The summed E-state index contributed by atoms with van der Waals surface area (Å²) in [6.07, 6.45) is 5.14. The van der Waals surface area contributed by atoms with E-state index in [-0.39, 0.29) is 11.3 Å². The maximum Gasteiger partial charge on any atom is 0.254 e. The third-order valence-corrected chi connectivity index (χ3v) is 5.28. The summed E-state index contributed by atoms with van der Waals surface area (Å²) in [5.41, 5.74) is 1.13. The van der Waals surface area contributed by atoms with Crippen molar-refractivity contribution >= 4 is 29.1 Å². The summed E-state index contributed by atoms with van der Waals surface area (Å²) in [5.74, 6) is -0.157. The van der Waals surface area contributed by atoms with Gasteiger partial charge in [-0.2, -0.15) is 5.10 Å². The predicted octanol–water partition coefficient (Wildman–Crippen LogP) is 2.93. The van der Waals surface area contributed by atoms with Crippen LogP contribution >= 0.6 is 23.2 Å². The Morgan fingerprint density at radius 1 is 1.38 bits per heavy atom. The van der Waals surface area contributed by atoms with Gasteiger partial charge in [0.2, 0.25) is 0 Å². The minimum absolute atomic E-state index is 0.0227. The Labute approximate surface area is 162 Å². The van der Waals surface area contributed by atoms with Crippen LogP contribution in [0.3, 0.4) is 0 Å². The molecule has 1 aliphatic heterocycles. The van der Waals surface area contributed by atoms with Crippen molar-refractivity contribution in [2.75, 3.05) is 33.4 Å². The first-order valence-electron chi connectivity index (χ1n) is 8.51. The fourth-order valence-electron chi connectivity index (χ4n) is 3.24. The molecule has 140 valence electrons. The van der Waals surface area contributed by atoms with Gasteiger partial charge in [0.1, 0.15) is 0 Å². The van der Waals surface area contributed by atoms with Crippen LogP contribution in [0, 0.1) is 5.41 Å². The number of aromatic nitrogens is 2. The monoisotopic (exact) mass is 396 g/mol. The Bertz CT molecular complexity index is 767. The molecule has 0 aliphatic carbocycles. The highest BCUT2D eigenvalue weighted by molar-refractivity contribution is 6.35. The molecule has 0 spiro atoms. The lowest BCUT2D eigenvalue weighted by Crippen LogP contribution is -2.47. The van der Waals surface area contributed by atoms with Crippen LogP contribution in [0.2, 0.25) is 10.0 Å². The van der Waals surface area contributed by atoms with Crippen molar-refractivity contribution in [3.05, 3.63) is 46.2 Å². The van der Waals surface area contributed by atoms with Crippen molar-refractivity contribution in [1.82, 2.24) is 20.4 Å². The van der Waals surface area contributed by atoms with Gasteiger partial charge in [-0.05, 0) is 44.1 Å². The summed E-state index contributed by atoms with van der Waals surface area (Å²) in [6.45, 7) is 3.08. The number of hydrogen-bond donors (Lipinski definition) is 2. The smallest absolute Gasteiger partial charge is 0.254 e. The van der Waals surface area contributed by atoms with E-state index in [0.29, 0.717) is 34.4 Å². The predicted molar refractivity (Wildman–Crippen MR) is 102 cm³/mol. The van der Waals surface area contributed by atoms with Crippen molar-refractivity contribution < 1.29 is 9.53 Å². The van der Waals surface area contributed by atoms with E-state index >= 15 is 0 Å². The topological polar surface area (TPSA) is 68.2 Å². The Morgan fingerprint density at radius 2 is 2.15 bits per heavy atom. The molecule has 6 nitrogen and oxygen atoms in total. The van der Waals surface area contributed by atoms with Gasteiger partial charge in [-0.1, -0.05) is 23.2 Å². The molecule has 1 aliphatic rings. The van der Waals surface area contributed by atoms with E-state index in [1.54, 1.807) is 36.2 Å². The number of rotatable bonds is 6. The lowest BCUT2D eigenvalue weighted by atomic mass is 9.79. The summed E-state index contributed by atoms with van der Waals surface area (Å²) < 4.78 is 6.96. The molecular weight excluding hydrogens is 375 g/mol. The van der Waals surface area contributed by atoms with Crippen LogP contribution in [0.4, 0.5) is 0 Å². The van der Waals surface area contributed by atoms with Crippen molar-refractivity contribution in [3.63, 3.8) is 0 Å². The molecule has 26 heavy (non-hydrogen) atoms. The van der Waals surface area contributed by atoms with Gasteiger partial charge in [0.15, 0.2) is 0 Å². The number of amides is 1. The second-order valence-electron chi connectivity index (χ2n) is 6.64. The summed E-state index contributed by atoms with van der Waals surface area (Å²) in [4.78, 5) is 12.5. The number of nitrogens with zero attached hydrogens (tertiary/aromatic N) is 2. The average molecular weight is 397 g/mol. The lowest BCUT2D eigenvalue weighted by molar-refractivity contribution is 0.0512. The second-order valence-corrected chi connectivity index (χ2v) is 7.48. The fraction of sp³-hybridized carbons (Fsp3) is 0.444. The molecule has 1 amide bonds. The molecule has 2 N–H and O–H groups in total. The van der Waals surface area contributed by atoms with E-state index in [2.05, 4.69) is 15.7 Å². The van der Waals surface area contributed by atoms with Crippen molar-refractivity contribution in [1.29, 1.82) is 0 Å². The molecule has 2 heterocycles. The number of carbonyl (C=O) groups is 1. The molecule has 1 aromatic heterocycles. The maximum absolute atomic E-state index is 12.5. The standard InChI is InChI=1S/C18H22Cl2N4O2/c1-26-12-18(4-6-21-7-5-18)11-22-17(25)13-9-23-24(10-13)16-3-2-14(19)8-15(16)20/h2-3,8-10,21H,4-7,11-12H2,1H3,(H,22,25). The largest absolute Gasteiger partial charge is 0.384 e. The molecule has 1 saturated heterocycles. The van der Waals surface area contributed by atoms with Gasteiger partial charge in [-0.15, -0.1) is 0 Å². The number of halogens is 2. The number of methoxy groups -OCH3 is 1. The van der Waals surface area contributed by atoms with Gasteiger partial charge >= 0.3 is 0 Å². The highest BCUT2D eigenvalue weighted by Crippen LogP contribution is 2.28. The molecule has 0 bridgehead atoms. The van der Waals surface area contributed by atoms with E-state index < -0.39 is 0 Å². The lowest BCUT2D eigenvalue weighted by Gasteiger charge is -2.37. The second kappa shape index (κ2) is 8.39. The van der Waals surface area contributed by atoms with Crippen molar-refractivity contribution in [3.8, 4) is 5.69 Å². The minimum Gasteiger partial charge on any atom is -0.384 e. The fourth-order valence-corrected chi connectivity index (χ4v) is 3.74. The van der Waals surface area contributed by atoms with Crippen LogP contribution < -0.4 is 10.6 Å². The number of benzene rings is 1. The first kappa shape index (κ1) is 19.2. The molecule has 1 fully saturated rings. The molecule has 0 saturated carbocycles. The number of piperidine rings is 1. The van der Waals surface area contributed by atoms with Crippen LogP contribution in [-0.2, 0) is 4.74 Å². The van der Waals surface area contributed by atoms with Gasteiger partial charge in [0.25, 0.3) is 5.91 Å². The quantitative estimate of drug-likeness (QED) is 0.787. The first-order chi connectivity index (χ1) is 12.5. The van der Waals surface area contributed by atoms with E-state index in [4.69, 9.17) is 27.9 Å². The van der Waals surface area contributed by atoms with Crippen molar-refractivity contribution in [2.45, 2.75) is 12.8 Å². The first-order valence-corrected chi connectivity index (χ1v) is 9.27. The van der Waals surface area contributed by atoms with Crippen LogP contribution in [0.15, 0.2) is 30.6 Å². The number of ether oxygens (including phenoxy) is 1. The molecule has 8 heteroatoms. The Kier molecular flexibility index (Phi) is 6.19. The van der Waals surface area contributed by atoms with Crippen LogP contribution in [0.1, 0.15) is 23.2 Å². The van der Waals surface area contributed by atoms with E-state index in [1.165, 1.54) is 6.20 Å². The van der Waals surface area contributed by atoms with E-state index in [0.717, 1.165) is 25.9 Å². The van der Waals surface area contributed by atoms with Gasteiger partial charge in [-0.3, -0.25) is 4.79 Å². The van der Waals surface area contributed by atoms with Gasteiger partial charge in [-0.25, -0.2) is 4.68 Å².